The molecule has 0 aliphatic rings. The maximum atomic E-state index is 10.4. The molecule has 0 amide bonds. The summed E-state index contributed by atoms with van der Waals surface area (Å²) in [5.74, 6) is 0. The molecule has 0 aliphatic heterocycles. The van der Waals surface area contributed by atoms with Crippen molar-refractivity contribution in [2.24, 2.45) is 0 Å². The van der Waals surface area contributed by atoms with Crippen LogP contribution in [0.2, 0.25) is 0 Å². The first kappa shape index (κ1) is 16.2. The SMILES string of the molecule is CC(NCc1ccc2ccccc2c1Br)C(O)c1ccccc1. The van der Waals surface area contributed by atoms with Crippen LogP contribution < -0.4 is 5.32 Å². The molecule has 2 unspecified atom stereocenters. The quantitative estimate of drug-likeness (QED) is 0.675. The van der Waals surface area contributed by atoms with Crippen molar-refractivity contribution in [1.29, 1.82) is 0 Å². The van der Waals surface area contributed by atoms with Crippen molar-refractivity contribution in [3.63, 3.8) is 0 Å². The number of aliphatic hydroxyl groups is 1. The molecule has 3 aromatic carbocycles. The Balaban J connectivity index is 1.72. The van der Waals surface area contributed by atoms with Crippen molar-refractivity contribution in [2.75, 3.05) is 0 Å². The van der Waals surface area contributed by atoms with Gasteiger partial charge in [0.15, 0.2) is 0 Å². The summed E-state index contributed by atoms with van der Waals surface area (Å²) >= 11 is 3.71. The molecule has 0 radical (unpaired) electrons. The molecular weight excluding hydrogens is 350 g/mol. The highest BCUT2D eigenvalue weighted by atomic mass is 79.9. The first-order valence-electron chi connectivity index (χ1n) is 7.79. The Morgan fingerprint density at radius 3 is 2.43 bits per heavy atom. The predicted molar refractivity (Wildman–Crippen MR) is 99.4 cm³/mol. The second-order valence-corrected chi connectivity index (χ2v) is 6.58. The molecular formula is C20H20BrNO. The zero-order valence-corrected chi connectivity index (χ0v) is 14.6. The summed E-state index contributed by atoms with van der Waals surface area (Å²) in [6, 6.07) is 22.3. The fraction of sp³-hybridized carbons (Fsp3) is 0.200. The molecule has 0 saturated carbocycles. The van der Waals surface area contributed by atoms with Crippen LogP contribution in [-0.4, -0.2) is 11.1 Å². The fourth-order valence-electron chi connectivity index (χ4n) is 2.74. The van der Waals surface area contributed by atoms with Gasteiger partial charge in [-0.25, -0.2) is 0 Å². The van der Waals surface area contributed by atoms with Crippen molar-refractivity contribution in [3.05, 3.63) is 82.3 Å². The molecule has 3 rings (SSSR count). The van der Waals surface area contributed by atoms with Crippen molar-refractivity contribution in [2.45, 2.75) is 25.6 Å². The average Bonchev–Trinajstić information content (AvgIpc) is 2.61. The number of hydrogen-bond acceptors (Lipinski definition) is 2. The standard InChI is InChI=1S/C20H20BrNO/c1-14(20(23)16-8-3-2-4-9-16)22-13-17-12-11-15-7-5-6-10-18(15)19(17)21/h2-12,14,20,22-23H,13H2,1H3. The summed E-state index contributed by atoms with van der Waals surface area (Å²) in [6.45, 7) is 2.71. The second kappa shape index (κ2) is 7.26. The fourth-order valence-corrected chi connectivity index (χ4v) is 3.37. The lowest BCUT2D eigenvalue weighted by atomic mass is 10.0. The van der Waals surface area contributed by atoms with Gasteiger partial charge >= 0.3 is 0 Å². The van der Waals surface area contributed by atoms with Crippen LogP contribution in [0.3, 0.4) is 0 Å². The maximum Gasteiger partial charge on any atom is 0.0940 e. The Kier molecular flexibility index (Phi) is 5.11. The van der Waals surface area contributed by atoms with Gasteiger partial charge in [-0.1, -0.05) is 66.7 Å². The molecule has 3 aromatic rings. The highest BCUT2D eigenvalue weighted by Gasteiger charge is 2.16. The van der Waals surface area contributed by atoms with Crippen molar-refractivity contribution in [3.8, 4) is 0 Å². The monoisotopic (exact) mass is 369 g/mol. The molecule has 0 bridgehead atoms. The molecule has 0 heterocycles. The van der Waals surface area contributed by atoms with E-state index >= 15 is 0 Å². The van der Waals surface area contributed by atoms with E-state index in [0.29, 0.717) is 6.54 Å². The van der Waals surface area contributed by atoms with Gasteiger partial charge in [0.05, 0.1) is 6.10 Å². The van der Waals surface area contributed by atoms with Crippen LogP contribution >= 0.6 is 15.9 Å². The lowest BCUT2D eigenvalue weighted by molar-refractivity contribution is 0.135. The van der Waals surface area contributed by atoms with E-state index in [1.165, 1.54) is 16.3 Å². The van der Waals surface area contributed by atoms with E-state index < -0.39 is 6.10 Å². The van der Waals surface area contributed by atoms with Crippen LogP contribution in [0.15, 0.2) is 71.2 Å². The van der Waals surface area contributed by atoms with E-state index in [2.05, 4.69) is 45.5 Å². The van der Waals surface area contributed by atoms with E-state index in [1.54, 1.807) is 0 Å². The van der Waals surface area contributed by atoms with E-state index in [9.17, 15) is 5.11 Å². The van der Waals surface area contributed by atoms with Crippen LogP contribution in [0.1, 0.15) is 24.2 Å². The molecule has 118 valence electrons. The van der Waals surface area contributed by atoms with Crippen LogP contribution in [0.4, 0.5) is 0 Å². The van der Waals surface area contributed by atoms with Crippen molar-refractivity contribution < 1.29 is 5.11 Å². The van der Waals surface area contributed by atoms with Gasteiger partial charge in [0.2, 0.25) is 0 Å². The molecule has 2 nitrogen and oxygen atoms in total. The summed E-state index contributed by atoms with van der Waals surface area (Å²) in [7, 11) is 0. The van der Waals surface area contributed by atoms with Crippen molar-refractivity contribution >= 4 is 26.7 Å². The first-order valence-corrected chi connectivity index (χ1v) is 8.58. The Labute approximate surface area is 145 Å². The average molecular weight is 370 g/mol. The second-order valence-electron chi connectivity index (χ2n) is 5.78. The van der Waals surface area contributed by atoms with Gasteiger partial charge in [0, 0.05) is 17.1 Å². The van der Waals surface area contributed by atoms with Crippen LogP contribution in [-0.2, 0) is 6.54 Å². The third-order valence-corrected chi connectivity index (χ3v) is 5.11. The molecule has 0 fully saturated rings. The normalized spacial score (nSPS) is 13.9. The largest absolute Gasteiger partial charge is 0.387 e. The Morgan fingerprint density at radius 1 is 0.957 bits per heavy atom. The molecule has 0 spiro atoms. The van der Waals surface area contributed by atoms with E-state index in [0.717, 1.165) is 10.0 Å². The smallest absolute Gasteiger partial charge is 0.0940 e. The molecule has 3 heteroatoms. The van der Waals surface area contributed by atoms with E-state index in [1.807, 2.05) is 49.4 Å². The summed E-state index contributed by atoms with van der Waals surface area (Å²) < 4.78 is 1.12. The minimum atomic E-state index is -0.518. The third kappa shape index (κ3) is 3.63. The van der Waals surface area contributed by atoms with Gasteiger partial charge in [-0.15, -0.1) is 0 Å². The Hall–Kier alpha value is -1.68. The third-order valence-electron chi connectivity index (χ3n) is 4.17. The molecule has 0 aromatic heterocycles. The molecule has 0 saturated heterocycles. The minimum absolute atomic E-state index is 0.0317. The van der Waals surface area contributed by atoms with Gasteiger partial charge in [-0.2, -0.15) is 0 Å². The van der Waals surface area contributed by atoms with E-state index in [4.69, 9.17) is 0 Å². The minimum Gasteiger partial charge on any atom is -0.387 e. The van der Waals surface area contributed by atoms with Gasteiger partial charge < -0.3 is 10.4 Å². The maximum absolute atomic E-state index is 10.4. The summed E-state index contributed by atoms with van der Waals surface area (Å²) in [6.07, 6.45) is -0.518. The van der Waals surface area contributed by atoms with Crippen LogP contribution in [0, 0.1) is 0 Å². The summed E-state index contributed by atoms with van der Waals surface area (Å²) in [4.78, 5) is 0. The van der Waals surface area contributed by atoms with Gasteiger partial charge in [0.25, 0.3) is 0 Å². The van der Waals surface area contributed by atoms with Gasteiger partial charge in [-0.3, -0.25) is 0 Å². The summed E-state index contributed by atoms with van der Waals surface area (Å²) in [5.41, 5.74) is 2.13. The number of rotatable bonds is 5. The highest BCUT2D eigenvalue weighted by molar-refractivity contribution is 9.10. The number of hydrogen-bond donors (Lipinski definition) is 2. The van der Waals surface area contributed by atoms with Gasteiger partial charge in [-0.05, 0) is 44.8 Å². The summed E-state index contributed by atoms with van der Waals surface area (Å²) in [5, 5.41) is 16.3. The predicted octanol–water partition coefficient (Wildman–Crippen LogP) is 4.81. The highest BCUT2D eigenvalue weighted by Crippen LogP contribution is 2.28. The topological polar surface area (TPSA) is 32.3 Å². The lowest BCUT2D eigenvalue weighted by Crippen LogP contribution is -2.31. The van der Waals surface area contributed by atoms with E-state index in [-0.39, 0.29) is 6.04 Å². The number of benzene rings is 3. The first-order chi connectivity index (χ1) is 11.2. The number of fused-ring (bicyclic) bond motifs is 1. The Morgan fingerprint density at radius 2 is 1.65 bits per heavy atom. The number of aliphatic hydroxyl groups excluding tert-OH is 1. The molecule has 0 aliphatic carbocycles. The van der Waals surface area contributed by atoms with Crippen molar-refractivity contribution in [1.82, 2.24) is 5.32 Å². The van der Waals surface area contributed by atoms with Crippen LogP contribution in [0.25, 0.3) is 10.8 Å². The molecule has 23 heavy (non-hydrogen) atoms. The van der Waals surface area contributed by atoms with Gasteiger partial charge in [0.1, 0.15) is 0 Å². The molecule has 2 atom stereocenters. The zero-order chi connectivity index (χ0) is 16.2. The lowest BCUT2D eigenvalue weighted by Gasteiger charge is -2.21. The Bertz CT molecular complexity index is 788. The molecule has 2 N–H and O–H groups in total. The zero-order valence-electron chi connectivity index (χ0n) is 13.0. The van der Waals surface area contributed by atoms with Crippen LogP contribution in [0.5, 0.6) is 0 Å². The number of nitrogens with one attached hydrogen (secondary N) is 1. The number of halogens is 1.